The summed E-state index contributed by atoms with van der Waals surface area (Å²) in [5.74, 6) is 0.229. The molecule has 132 valence electrons. The van der Waals surface area contributed by atoms with Gasteiger partial charge in [-0.25, -0.2) is 9.97 Å². The molecule has 7 heteroatoms. The lowest BCUT2D eigenvalue weighted by Crippen LogP contribution is -2.14. The highest BCUT2D eigenvalue weighted by Gasteiger charge is 2.09. The maximum atomic E-state index is 12.3. The van der Waals surface area contributed by atoms with Crippen molar-refractivity contribution in [3.8, 4) is 0 Å². The molecule has 0 atom stereocenters. The standard InChI is InChI=1S/C19H18ClN5O/c1-25(2)16-9-7-15(8-10-16)24-19(26)17-11-22-18(12-21-17)23-14-5-3-13(20)4-6-14/h3-12H,1-2H3,(H,22,23)(H,24,26). The summed E-state index contributed by atoms with van der Waals surface area (Å²) in [6.45, 7) is 0. The van der Waals surface area contributed by atoms with Gasteiger partial charge < -0.3 is 15.5 Å². The molecule has 3 rings (SSSR count). The number of carbonyl (C=O) groups excluding carboxylic acids is 1. The Bertz CT molecular complexity index is 877. The number of hydrogen-bond acceptors (Lipinski definition) is 5. The number of amides is 1. The molecule has 3 aromatic rings. The van der Waals surface area contributed by atoms with Crippen LogP contribution in [0.3, 0.4) is 0 Å². The predicted octanol–water partition coefficient (Wildman–Crippen LogP) is 4.19. The average molecular weight is 368 g/mol. The largest absolute Gasteiger partial charge is 0.378 e. The highest BCUT2D eigenvalue weighted by atomic mass is 35.5. The zero-order chi connectivity index (χ0) is 18.5. The van der Waals surface area contributed by atoms with Gasteiger partial charge in [0.05, 0.1) is 12.4 Å². The summed E-state index contributed by atoms with van der Waals surface area (Å²) in [5.41, 5.74) is 2.83. The van der Waals surface area contributed by atoms with Crippen LogP contribution < -0.4 is 15.5 Å². The van der Waals surface area contributed by atoms with E-state index in [1.54, 1.807) is 12.1 Å². The quantitative estimate of drug-likeness (QED) is 0.707. The number of hydrogen-bond donors (Lipinski definition) is 2. The molecule has 0 bridgehead atoms. The van der Waals surface area contributed by atoms with Gasteiger partial charge in [-0.3, -0.25) is 4.79 Å². The lowest BCUT2D eigenvalue weighted by Gasteiger charge is -2.13. The van der Waals surface area contributed by atoms with Crippen LogP contribution in [0.5, 0.6) is 0 Å². The first-order chi connectivity index (χ1) is 12.5. The molecule has 1 aromatic heterocycles. The summed E-state index contributed by atoms with van der Waals surface area (Å²) < 4.78 is 0. The van der Waals surface area contributed by atoms with Gasteiger partial charge >= 0.3 is 0 Å². The van der Waals surface area contributed by atoms with Crippen LogP contribution >= 0.6 is 11.6 Å². The van der Waals surface area contributed by atoms with E-state index in [1.807, 2.05) is 55.4 Å². The fourth-order valence-electron chi connectivity index (χ4n) is 2.23. The van der Waals surface area contributed by atoms with Crippen molar-refractivity contribution in [1.82, 2.24) is 9.97 Å². The molecule has 0 spiro atoms. The van der Waals surface area contributed by atoms with Gasteiger partial charge in [-0.1, -0.05) is 11.6 Å². The van der Waals surface area contributed by atoms with Crippen molar-refractivity contribution in [3.63, 3.8) is 0 Å². The summed E-state index contributed by atoms with van der Waals surface area (Å²) in [5, 5.41) is 6.56. The van der Waals surface area contributed by atoms with Crippen molar-refractivity contribution in [1.29, 1.82) is 0 Å². The van der Waals surface area contributed by atoms with E-state index in [-0.39, 0.29) is 11.6 Å². The van der Waals surface area contributed by atoms with Crippen molar-refractivity contribution in [2.45, 2.75) is 0 Å². The van der Waals surface area contributed by atoms with Crippen molar-refractivity contribution >= 4 is 40.4 Å². The Morgan fingerprint density at radius 2 is 1.58 bits per heavy atom. The third-order valence-corrected chi connectivity index (χ3v) is 3.89. The molecule has 2 aromatic carbocycles. The first-order valence-corrected chi connectivity index (χ1v) is 8.32. The molecule has 1 heterocycles. The number of aromatic nitrogens is 2. The Hall–Kier alpha value is -3.12. The number of carbonyl (C=O) groups is 1. The zero-order valence-electron chi connectivity index (χ0n) is 14.4. The molecule has 2 N–H and O–H groups in total. The minimum absolute atomic E-state index is 0.239. The van der Waals surface area contributed by atoms with Crippen LogP contribution in [0, 0.1) is 0 Å². The zero-order valence-corrected chi connectivity index (χ0v) is 15.2. The fourth-order valence-corrected chi connectivity index (χ4v) is 2.35. The lowest BCUT2D eigenvalue weighted by molar-refractivity contribution is 0.102. The molecule has 0 unspecified atom stereocenters. The molecule has 0 fully saturated rings. The van der Waals surface area contributed by atoms with E-state index in [0.717, 1.165) is 11.4 Å². The van der Waals surface area contributed by atoms with Crippen LogP contribution in [0.2, 0.25) is 5.02 Å². The van der Waals surface area contributed by atoms with Gasteiger partial charge in [-0.2, -0.15) is 0 Å². The fraction of sp³-hybridized carbons (Fsp3) is 0.105. The predicted molar refractivity (Wildman–Crippen MR) is 105 cm³/mol. The molecular formula is C19H18ClN5O. The Balaban J connectivity index is 1.63. The number of anilines is 4. The number of halogens is 1. The summed E-state index contributed by atoms with van der Waals surface area (Å²) in [6, 6.07) is 14.8. The van der Waals surface area contributed by atoms with Gasteiger partial charge in [-0.05, 0) is 48.5 Å². The number of rotatable bonds is 5. The van der Waals surface area contributed by atoms with Crippen molar-refractivity contribution in [2.24, 2.45) is 0 Å². The van der Waals surface area contributed by atoms with Gasteiger partial charge in [0.25, 0.3) is 5.91 Å². The third-order valence-electron chi connectivity index (χ3n) is 3.64. The third kappa shape index (κ3) is 4.49. The van der Waals surface area contributed by atoms with E-state index in [1.165, 1.54) is 12.4 Å². The molecule has 0 aliphatic heterocycles. The second-order valence-electron chi connectivity index (χ2n) is 5.81. The molecule has 0 aliphatic rings. The summed E-state index contributed by atoms with van der Waals surface area (Å²) in [6.07, 6.45) is 2.94. The second kappa shape index (κ2) is 7.84. The van der Waals surface area contributed by atoms with E-state index in [2.05, 4.69) is 20.6 Å². The van der Waals surface area contributed by atoms with E-state index in [4.69, 9.17) is 11.6 Å². The summed E-state index contributed by atoms with van der Waals surface area (Å²) in [4.78, 5) is 22.7. The van der Waals surface area contributed by atoms with Crippen molar-refractivity contribution in [2.75, 3.05) is 29.6 Å². The Labute approximate surface area is 156 Å². The minimum Gasteiger partial charge on any atom is -0.378 e. The first-order valence-electron chi connectivity index (χ1n) is 7.94. The van der Waals surface area contributed by atoms with Gasteiger partial charge in [0.2, 0.25) is 0 Å². The average Bonchev–Trinajstić information content (AvgIpc) is 2.64. The van der Waals surface area contributed by atoms with Crippen LogP contribution in [0.15, 0.2) is 60.9 Å². The van der Waals surface area contributed by atoms with Crippen LogP contribution in [-0.2, 0) is 0 Å². The highest BCUT2D eigenvalue weighted by molar-refractivity contribution is 6.30. The van der Waals surface area contributed by atoms with Gasteiger partial charge in [0.1, 0.15) is 11.5 Å². The topological polar surface area (TPSA) is 70.2 Å². The van der Waals surface area contributed by atoms with E-state index in [9.17, 15) is 4.79 Å². The van der Waals surface area contributed by atoms with Crippen molar-refractivity contribution < 1.29 is 4.79 Å². The molecule has 26 heavy (non-hydrogen) atoms. The molecule has 0 aliphatic carbocycles. The monoisotopic (exact) mass is 367 g/mol. The molecule has 0 saturated heterocycles. The van der Waals surface area contributed by atoms with Crippen LogP contribution in [0.25, 0.3) is 0 Å². The van der Waals surface area contributed by atoms with Crippen molar-refractivity contribution in [3.05, 3.63) is 71.6 Å². The van der Waals surface area contributed by atoms with Gasteiger partial charge in [0, 0.05) is 36.2 Å². The molecule has 0 radical (unpaired) electrons. The molecular weight excluding hydrogens is 350 g/mol. The van der Waals surface area contributed by atoms with Crippen LogP contribution in [-0.4, -0.2) is 30.0 Å². The Kier molecular flexibility index (Phi) is 5.34. The smallest absolute Gasteiger partial charge is 0.275 e. The normalized spacial score (nSPS) is 10.3. The summed E-state index contributed by atoms with van der Waals surface area (Å²) in [7, 11) is 3.92. The number of benzene rings is 2. The maximum Gasteiger partial charge on any atom is 0.275 e. The number of nitrogens with one attached hydrogen (secondary N) is 2. The summed E-state index contributed by atoms with van der Waals surface area (Å²) >= 11 is 5.86. The second-order valence-corrected chi connectivity index (χ2v) is 6.25. The van der Waals surface area contributed by atoms with Gasteiger partial charge in [0.15, 0.2) is 0 Å². The van der Waals surface area contributed by atoms with E-state index < -0.39 is 0 Å². The molecule has 0 saturated carbocycles. The van der Waals surface area contributed by atoms with Crippen LogP contribution in [0.1, 0.15) is 10.5 Å². The highest BCUT2D eigenvalue weighted by Crippen LogP contribution is 2.18. The first kappa shape index (κ1) is 17.7. The molecule has 6 nitrogen and oxygen atoms in total. The lowest BCUT2D eigenvalue weighted by atomic mass is 10.2. The van der Waals surface area contributed by atoms with Crippen LogP contribution in [0.4, 0.5) is 22.9 Å². The molecule has 1 amide bonds. The SMILES string of the molecule is CN(C)c1ccc(NC(=O)c2cnc(Nc3ccc(Cl)cc3)cn2)cc1. The Morgan fingerprint density at radius 3 is 2.15 bits per heavy atom. The Morgan fingerprint density at radius 1 is 0.923 bits per heavy atom. The van der Waals surface area contributed by atoms with E-state index in [0.29, 0.717) is 16.5 Å². The van der Waals surface area contributed by atoms with Gasteiger partial charge in [-0.15, -0.1) is 0 Å². The van der Waals surface area contributed by atoms with E-state index >= 15 is 0 Å². The minimum atomic E-state index is -0.312. The number of nitrogens with zero attached hydrogens (tertiary/aromatic N) is 3. The maximum absolute atomic E-state index is 12.3.